The summed E-state index contributed by atoms with van der Waals surface area (Å²) in [6.07, 6.45) is -0.735. The molecule has 18 heavy (non-hydrogen) atoms. The van der Waals surface area contributed by atoms with Gasteiger partial charge in [-0.1, -0.05) is 6.07 Å². The van der Waals surface area contributed by atoms with E-state index in [1.165, 1.54) is 12.1 Å². The van der Waals surface area contributed by atoms with Crippen molar-refractivity contribution in [3.63, 3.8) is 0 Å². The summed E-state index contributed by atoms with van der Waals surface area (Å²) in [7, 11) is 0. The predicted octanol–water partition coefficient (Wildman–Crippen LogP) is 1.45. The van der Waals surface area contributed by atoms with Crippen LogP contribution in [0.3, 0.4) is 0 Å². The third-order valence-electron chi connectivity index (χ3n) is 2.29. The number of aliphatic hydroxyl groups excluding tert-OH is 1. The monoisotopic (exact) mass is 257 g/mol. The Labute approximate surface area is 107 Å². The Hall–Kier alpha value is -1.17. The van der Waals surface area contributed by atoms with Crippen LogP contribution in [0, 0.1) is 5.82 Å². The molecular weight excluding hydrogens is 237 g/mol. The first-order chi connectivity index (χ1) is 8.52. The first kappa shape index (κ1) is 14.9. The van der Waals surface area contributed by atoms with E-state index < -0.39 is 11.9 Å². The van der Waals surface area contributed by atoms with Crippen LogP contribution in [-0.2, 0) is 11.3 Å². The normalized spacial score (nSPS) is 12.8. The molecule has 1 aromatic carbocycles. The van der Waals surface area contributed by atoms with Gasteiger partial charge >= 0.3 is 0 Å². The minimum atomic E-state index is -0.777. The molecule has 3 N–H and O–H groups in total. The lowest BCUT2D eigenvalue weighted by Gasteiger charge is -2.15. The highest BCUT2D eigenvalue weighted by Gasteiger charge is 2.09. The zero-order valence-corrected chi connectivity index (χ0v) is 10.7. The van der Waals surface area contributed by atoms with Crippen molar-refractivity contribution in [2.45, 2.75) is 32.6 Å². The van der Waals surface area contributed by atoms with Crippen LogP contribution in [0.2, 0.25) is 0 Å². The number of hydrogen-bond acceptors (Lipinski definition) is 4. The summed E-state index contributed by atoms with van der Waals surface area (Å²) in [5, 5.41) is 9.56. The Morgan fingerprint density at radius 3 is 2.61 bits per heavy atom. The van der Waals surface area contributed by atoms with Crippen molar-refractivity contribution in [3.05, 3.63) is 29.6 Å². The molecule has 0 saturated heterocycles. The van der Waals surface area contributed by atoms with Crippen LogP contribution in [0.25, 0.3) is 0 Å². The SMILES string of the molecule is CC(C)OCC(O)COc1ccc(CN)cc1F. The fraction of sp³-hybridized carbons (Fsp3) is 0.538. The average molecular weight is 257 g/mol. The van der Waals surface area contributed by atoms with E-state index in [9.17, 15) is 9.50 Å². The molecule has 0 heterocycles. The van der Waals surface area contributed by atoms with Gasteiger partial charge in [0.15, 0.2) is 11.6 Å². The number of hydrogen-bond donors (Lipinski definition) is 2. The van der Waals surface area contributed by atoms with Gasteiger partial charge in [-0.25, -0.2) is 4.39 Å². The van der Waals surface area contributed by atoms with Crippen molar-refractivity contribution in [1.29, 1.82) is 0 Å². The smallest absolute Gasteiger partial charge is 0.165 e. The zero-order valence-electron chi connectivity index (χ0n) is 10.7. The lowest BCUT2D eigenvalue weighted by molar-refractivity contribution is -0.0127. The van der Waals surface area contributed by atoms with Crippen LogP contribution >= 0.6 is 0 Å². The molecule has 0 aliphatic rings. The summed E-state index contributed by atoms with van der Waals surface area (Å²) in [5.41, 5.74) is 6.09. The fourth-order valence-electron chi connectivity index (χ4n) is 1.33. The summed E-state index contributed by atoms with van der Waals surface area (Å²) in [6, 6.07) is 4.52. The molecule has 0 spiro atoms. The van der Waals surface area contributed by atoms with Gasteiger partial charge in [-0.3, -0.25) is 0 Å². The molecule has 0 amide bonds. The number of ether oxygens (including phenoxy) is 2. The molecule has 0 aliphatic carbocycles. The van der Waals surface area contributed by atoms with Gasteiger partial charge < -0.3 is 20.3 Å². The molecule has 1 rings (SSSR count). The highest BCUT2D eigenvalue weighted by molar-refractivity contribution is 5.29. The molecule has 1 atom stereocenters. The molecule has 0 fully saturated rings. The molecule has 0 aliphatic heterocycles. The summed E-state index contributed by atoms with van der Waals surface area (Å²) >= 11 is 0. The van der Waals surface area contributed by atoms with Crippen molar-refractivity contribution >= 4 is 0 Å². The molecule has 0 saturated carbocycles. The maximum atomic E-state index is 13.5. The van der Waals surface area contributed by atoms with Crippen molar-refractivity contribution in [3.8, 4) is 5.75 Å². The van der Waals surface area contributed by atoms with Crippen molar-refractivity contribution in [2.24, 2.45) is 5.73 Å². The fourth-order valence-corrected chi connectivity index (χ4v) is 1.33. The van der Waals surface area contributed by atoms with Gasteiger partial charge in [-0.05, 0) is 31.5 Å². The maximum absolute atomic E-state index is 13.5. The number of aliphatic hydroxyl groups is 1. The summed E-state index contributed by atoms with van der Waals surface area (Å²) in [6.45, 7) is 4.19. The Kier molecular flexibility index (Phi) is 6.04. The second kappa shape index (κ2) is 7.31. The van der Waals surface area contributed by atoms with Crippen LogP contribution in [0.4, 0.5) is 4.39 Å². The maximum Gasteiger partial charge on any atom is 0.165 e. The van der Waals surface area contributed by atoms with Crippen molar-refractivity contribution in [1.82, 2.24) is 0 Å². The number of rotatable bonds is 7. The van der Waals surface area contributed by atoms with E-state index in [1.807, 2.05) is 13.8 Å². The summed E-state index contributed by atoms with van der Waals surface area (Å²) < 4.78 is 23.9. The summed E-state index contributed by atoms with van der Waals surface area (Å²) in [5.74, 6) is -0.370. The van der Waals surface area contributed by atoms with E-state index in [1.54, 1.807) is 6.07 Å². The molecule has 1 aromatic rings. The second-order valence-corrected chi connectivity index (χ2v) is 4.32. The third-order valence-corrected chi connectivity index (χ3v) is 2.29. The van der Waals surface area contributed by atoms with Gasteiger partial charge in [0.25, 0.3) is 0 Å². The minimum absolute atomic E-state index is 0.00832. The molecule has 1 unspecified atom stereocenters. The highest BCUT2D eigenvalue weighted by atomic mass is 19.1. The van der Waals surface area contributed by atoms with E-state index >= 15 is 0 Å². The van der Waals surface area contributed by atoms with E-state index in [0.717, 1.165) is 0 Å². The zero-order chi connectivity index (χ0) is 13.5. The molecule has 102 valence electrons. The van der Waals surface area contributed by atoms with Gasteiger partial charge in [0, 0.05) is 6.54 Å². The molecule has 0 radical (unpaired) electrons. The van der Waals surface area contributed by atoms with E-state index in [0.29, 0.717) is 5.56 Å². The predicted molar refractivity (Wildman–Crippen MR) is 66.9 cm³/mol. The highest BCUT2D eigenvalue weighted by Crippen LogP contribution is 2.18. The quantitative estimate of drug-likeness (QED) is 0.776. The van der Waals surface area contributed by atoms with Crippen molar-refractivity contribution < 1.29 is 19.0 Å². The number of halogens is 1. The van der Waals surface area contributed by atoms with Gasteiger partial charge in [0.2, 0.25) is 0 Å². The summed E-state index contributed by atoms with van der Waals surface area (Å²) in [4.78, 5) is 0. The Bertz CT molecular complexity index is 371. The van der Waals surface area contributed by atoms with Crippen LogP contribution < -0.4 is 10.5 Å². The van der Waals surface area contributed by atoms with Gasteiger partial charge in [0.05, 0.1) is 12.7 Å². The lowest BCUT2D eigenvalue weighted by Crippen LogP contribution is -2.25. The van der Waals surface area contributed by atoms with Gasteiger partial charge in [-0.15, -0.1) is 0 Å². The van der Waals surface area contributed by atoms with Crippen LogP contribution in [-0.4, -0.2) is 30.5 Å². The lowest BCUT2D eigenvalue weighted by atomic mass is 10.2. The molecule has 5 heteroatoms. The molecule has 0 bridgehead atoms. The van der Waals surface area contributed by atoms with Crippen LogP contribution in [0.5, 0.6) is 5.75 Å². The standard InChI is InChI=1S/C13H20FNO3/c1-9(2)17-7-11(16)8-18-13-4-3-10(6-15)5-12(13)14/h3-5,9,11,16H,6-8,15H2,1-2H3. The Balaban J connectivity index is 2.43. The molecule has 4 nitrogen and oxygen atoms in total. The van der Waals surface area contributed by atoms with Crippen LogP contribution in [0.1, 0.15) is 19.4 Å². The molecular formula is C13H20FNO3. The Morgan fingerprint density at radius 1 is 1.33 bits per heavy atom. The minimum Gasteiger partial charge on any atom is -0.488 e. The van der Waals surface area contributed by atoms with Crippen molar-refractivity contribution in [2.75, 3.05) is 13.2 Å². The van der Waals surface area contributed by atoms with Gasteiger partial charge in [-0.2, -0.15) is 0 Å². The number of benzene rings is 1. The Morgan fingerprint density at radius 2 is 2.06 bits per heavy atom. The largest absolute Gasteiger partial charge is 0.488 e. The number of nitrogens with two attached hydrogens (primary N) is 1. The van der Waals surface area contributed by atoms with E-state index in [-0.39, 0.29) is 31.6 Å². The second-order valence-electron chi connectivity index (χ2n) is 4.32. The topological polar surface area (TPSA) is 64.7 Å². The first-order valence-electron chi connectivity index (χ1n) is 5.94. The molecule has 0 aromatic heterocycles. The van der Waals surface area contributed by atoms with E-state index in [4.69, 9.17) is 15.2 Å². The third kappa shape index (κ3) is 5.00. The average Bonchev–Trinajstić information content (AvgIpc) is 2.34. The van der Waals surface area contributed by atoms with E-state index in [2.05, 4.69) is 0 Å². The van der Waals surface area contributed by atoms with Gasteiger partial charge in [0.1, 0.15) is 12.7 Å². The first-order valence-corrected chi connectivity index (χ1v) is 5.94. The van der Waals surface area contributed by atoms with Crippen LogP contribution in [0.15, 0.2) is 18.2 Å².